The normalized spacial score (nSPS) is 10.2. The molecule has 0 spiro atoms. The van der Waals surface area contributed by atoms with E-state index in [4.69, 9.17) is 14.7 Å². The summed E-state index contributed by atoms with van der Waals surface area (Å²) < 4.78 is 9.82. The predicted molar refractivity (Wildman–Crippen MR) is 94.4 cm³/mol. The van der Waals surface area contributed by atoms with Gasteiger partial charge in [0.1, 0.15) is 6.07 Å². The number of aromatic hydroxyl groups is 1. The molecule has 0 heterocycles. The van der Waals surface area contributed by atoms with Crippen molar-refractivity contribution in [1.82, 2.24) is 0 Å². The van der Waals surface area contributed by atoms with E-state index in [1.54, 1.807) is 36.4 Å². The molecule has 0 saturated heterocycles. The van der Waals surface area contributed by atoms with Gasteiger partial charge in [0.05, 0.1) is 18.4 Å². The van der Waals surface area contributed by atoms with Crippen molar-refractivity contribution in [3.63, 3.8) is 0 Å². The van der Waals surface area contributed by atoms with Crippen LogP contribution in [0.15, 0.2) is 48.5 Å². The summed E-state index contributed by atoms with van der Waals surface area (Å²) in [7, 11) is 1.42. The smallest absolute Gasteiger partial charge is 0.331 e. The van der Waals surface area contributed by atoms with E-state index in [1.807, 2.05) is 6.07 Å². The molecule has 1 amide bonds. The average molecular weight is 352 g/mol. The molecule has 2 aromatic carbocycles. The molecule has 7 heteroatoms. The Labute approximate surface area is 150 Å². The summed E-state index contributed by atoms with van der Waals surface area (Å²) >= 11 is 0. The lowest BCUT2D eigenvalue weighted by Crippen LogP contribution is -2.20. The van der Waals surface area contributed by atoms with Gasteiger partial charge < -0.3 is 19.9 Å². The van der Waals surface area contributed by atoms with Crippen LogP contribution in [0.5, 0.6) is 11.5 Å². The number of carbonyl (C=O) groups excluding carboxylic acids is 2. The molecule has 0 fully saturated rings. The van der Waals surface area contributed by atoms with Gasteiger partial charge in [0, 0.05) is 6.08 Å². The zero-order chi connectivity index (χ0) is 18.9. The molecule has 0 aliphatic heterocycles. The second-order valence-corrected chi connectivity index (χ2v) is 5.08. The summed E-state index contributed by atoms with van der Waals surface area (Å²) in [4.78, 5) is 23.5. The highest BCUT2D eigenvalue weighted by molar-refractivity contribution is 5.95. The number of methoxy groups -OCH3 is 1. The number of hydrogen-bond donors (Lipinski definition) is 2. The molecule has 2 N–H and O–H groups in total. The van der Waals surface area contributed by atoms with E-state index in [2.05, 4.69) is 5.32 Å². The fourth-order valence-corrected chi connectivity index (χ4v) is 2.02. The number of carbonyl (C=O) groups is 2. The Morgan fingerprint density at radius 1 is 1.27 bits per heavy atom. The highest BCUT2D eigenvalue weighted by atomic mass is 16.5. The highest BCUT2D eigenvalue weighted by Gasteiger charge is 2.08. The molecule has 0 bridgehead atoms. The fourth-order valence-electron chi connectivity index (χ4n) is 2.02. The lowest BCUT2D eigenvalue weighted by molar-refractivity contribution is -0.142. The van der Waals surface area contributed by atoms with E-state index in [1.165, 1.54) is 19.3 Å². The number of rotatable bonds is 6. The second kappa shape index (κ2) is 8.89. The van der Waals surface area contributed by atoms with Gasteiger partial charge in [-0.05, 0) is 35.9 Å². The van der Waals surface area contributed by atoms with Gasteiger partial charge in [-0.3, -0.25) is 4.79 Å². The highest BCUT2D eigenvalue weighted by Crippen LogP contribution is 2.26. The number of nitriles is 1. The number of phenolic OH excluding ortho intramolecular Hbond substituents is 1. The van der Waals surface area contributed by atoms with E-state index >= 15 is 0 Å². The number of nitrogens with one attached hydrogen (secondary N) is 1. The molecule has 7 nitrogen and oxygen atoms in total. The third-order valence-electron chi connectivity index (χ3n) is 3.28. The molecule has 0 radical (unpaired) electrons. The van der Waals surface area contributed by atoms with Gasteiger partial charge in [-0.1, -0.05) is 18.2 Å². The van der Waals surface area contributed by atoms with Gasteiger partial charge in [-0.2, -0.15) is 5.26 Å². The molecular weight excluding hydrogens is 336 g/mol. The Morgan fingerprint density at radius 2 is 2.04 bits per heavy atom. The monoisotopic (exact) mass is 352 g/mol. The van der Waals surface area contributed by atoms with Gasteiger partial charge in [-0.25, -0.2) is 4.79 Å². The number of para-hydroxylation sites is 1. The lowest BCUT2D eigenvalue weighted by atomic mass is 10.2. The zero-order valence-corrected chi connectivity index (χ0v) is 13.9. The van der Waals surface area contributed by atoms with E-state index in [9.17, 15) is 14.7 Å². The first kappa shape index (κ1) is 18.5. The molecule has 2 rings (SSSR count). The molecular formula is C19H16N2O5. The van der Waals surface area contributed by atoms with Crippen molar-refractivity contribution >= 4 is 23.6 Å². The molecule has 2 aromatic rings. The van der Waals surface area contributed by atoms with E-state index in [0.29, 0.717) is 16.8 Å². The van der Waals surface area contributed by atoms with Gasteiger partial charge in [0.2, 0.25) is 0 Å². The third-order valence-corrected chi connectivity index (χ3v) is 3.28. The summed E-state index contributed by atoms with van der Waals surface area (Å²) in [6, 6.07) is 13.0. The van der Waals surface area contributed by atoms with Crippen LogP contribution in [0.1, 0.15) is 11.1 Å². The quantitative estimate of drug-likeness (QED) is 0.611. The molecule has 26 heavy (non-hydrogen) atoms. The van der Waals surface area contributed by atoms with Crippen molar-refractivity contribution in [2.24, 2.45) is 0 Å². The largest absolute Gasteiger partial charge is 0.504 e. The summed E-state index contributed by atoms with van der Waals surface area (Å²) in [6.07, 6.45) is 2.62. The molecule has 0 saturated carbocycles. The molecule has 132 valence electrons. The van der Waals surface area contributed by atoms with Crippen molar-refractivity contribution < 1.29 is 24.2 Å². The van der Waals surface area contributed by atoms with Crippen LogP contribution in [-0.2, 0) is 14.3 Å². The van der Waals surface area contributed by atoms with Crippen molar-refractivity contribution in [2.45, 2.75) is 0 Å². The van der Waals surface area contributed by atoms with Crippen LogP contribution in [0.2, 0.25) is 0 Å². The topological polar surface area (TPSA) is 109 Å². The van der Waals surface area contributed by atoms with E-state index in [-0.39, 0.29) is 11.5 Å². The molecule has 0 aliphatic carbocycles. The number of ether oxygens (including phenoxy) is 2. The average Bonchev–Trinajstić information content (AvgIpc) is 2.66. The van der Waals surface area contributed by atoms with Gasteiger partial charge >= 0.3 is 5.97 Å². The number of benzene rings is 2. The number of esters is 1. The van der Waals surface area contributed by atoms with Crippen LogP contribution < -0.4 is 10.1 Å². The maximum atomic E-state index is 11.8. The molecule has 0 aromatic heterocycles. The maximum Gasteiger partial charge on any atom is 0.331 e. The lowest BCUT2D eigenvalue weighted by Gasteiger charge is -2.06. The van der Waals surface area contributed by atoms with Crippen molar-refractivity contribution in [3.8, 4) is 17.6 Å². The predicted octanol–water partition coefficient (Wildman–Crippen LogP) is 2.47. The van der Waals surface area contributed by atoms with E-state index < -0.39 is 18.5 Å². The van der Waals surface area contributed by atoms with Crippen molar-refractivity contribution in [2.75, 3.05) is 19.0 Å². The fraction of sp³-hybridized carbons (Fsp3) is 0.105. The first-order valence-electron chi connectivity index (χ1n) is 7.54. The van der Waals surface area contributed by atoms with E-state index in [0.717, 1.165) is 6.08 Å². The summed E-state index contributed by atoms with van der Waals surface area (Å²) in [5.41, 5.74) is 1.28. The number of hydrogen-bond acceptors (Lipinski definition) is 6. The minimum absolute atomic E-state index is 0.0125. The number of phenols is 1. The van der Waals surface area contributed by atoms with Crippen LogP contribution in [-0.4, -0.2) is 30.7 Å². The Hall–Kier alpha value is -3.79. The zero-order valence-electron chi connectivity index (χ0n) is 13.9. The first-order chi connectivity index (χ1) is 12.5. The molecule has 0 aliphatic rings. The first-order valence-corrected chi connectivity index (χ1v) is 7.54. The van der Waals surface area contributed by atoms with Crippen molar-refractivity contribution in [3.05, 3.63) is 59.7 Å². The minimum atomic E-state index is -0.708. The van der Waals surface area contributed by atoms with Crippen LogP contribution in [0.3, 0.4) is 0 Å². The number of nitrogens with zero attached hydrogens (tertiary/aromatic N) is 1. The third kappa shape index (κ3) is 5.11. The Morgan fingerprint density at radius 3 is 2.77 bits per heavy atom. The van der Waals surface area contributed by atoms with Crippen LogP contribution in [0.25, 0.3) is 6.08 Å². The Kier molecular flexibility index (Phi) is 6.34. The maximum absolute atomic E-state index is 11.8. The second-order valence-electron chi connectivity index (χ2n) is 5.08. The van der Waals surface area contributed by atoms with Crippen molar-refractivity contribution in [1.29, 1.82) is 5.26 Å². The SMILES string of the molecule is COc1cc(/C=C/C(=O)OCC(=O)Nc2ccccc2C#N)ccc1O. The summed E-state index contributed by atoms with van der Waals surface area (Å²) in [5, 5.41) is 21.0. The molecule has 0 atom stereocenters. The van der Waals surface area contributed by atoms with Crippen LogP contribution in [0, 0.1) is 11.3 Å². The van der Waals surface area contributed by atoms with Crippen LogP contribution in [0.4, 0.5) is 5.69 Å². The van der Waals surface area contributed by atoms with Gasteiger partial charge in [-0.15, -0.1) is 0 Å². The minimum Gasteiger partial charge on any atom is -0.504 e. The summed E-state index contributed by atoms with van der Waals surface area (Å²) in [5.74, 6) is -1.00. The molecule has 0 unspecified atom stereocenters. The van der Waals surface area contributed by atoms with Gasteiger partial charge in [0.25, 0.3) is 5.91 Å². The van der Waals surface area contributed by atoms with Gasteiger partial charge in [0.15, 0.2) is 18.1 Å². The standard InChI is InChI=1S/C19H16N2O5/c1-25-17-10-13(6-8-16(17)22)7-9-19(24)26-12-18(23)21-15-5-3-2-4-14(15)11-20/h2-10,22H,12H2,1H3,(H,21,23)/b9-7+. The van der Waals surface area contributed by atoms with Crippen LogP contribution >= 0.6 is 0 Å². The summed E-state index contributed by atoms with van der Waals surface area (Å²) in [6.45, 7) is -0.484. The Balaban J connectivity index is 1.88. The number of anilines is 1. The Bertz CT molecular complexity index is 884. The number of amides is 1.